The highest BCUT2D eigenvalue weighted by Gasteiger charge is 2.06. The minimum absolute atomic E-state index is 0.0740. The summed E-state index contributed by atoms with van der Waals surface area (Å²) in [5.74, 6) is 0.556. The molecule has 2 rings (SSSR count). The first-order valence-corrected chi connectivity index (χ1v) is 6.64. The minimum Gasteiger partial charge on any atom is -0.325 e. The molecule has 0 aliphatic heterocycles. The van der Waals surface area contributed by atoms with Crippen molar-refractivity contribution in [3.05, 3.63) is 35.6 Å². The van der Waals surface area contributed by atoms with Gasteiger partial charge < -0.3 is 5.32 Å². The molecule has 2 aromatic rings. The summed E-state index contributed by atoms with van der Waals surface area (Å²) < 4.78 is 0. The highest BCUT2D eigenvalue weighted by atomic mass is 35.5. The van der Waals surface area contributed by atoms with Gasteiger partial charge in [-0.05, 0) is 12.1 Å². The van der Waals surface area contributed by atoms with Crippen molar-refractivity contribution in [2.24, 2.45) is 0 Å². The van der Waals surface area contributed by atoms with Crippen molar-refractivity contribution in [3.8, 4) is 0 Å². The lowest BCUT2D eigenvalue weighted by Gasteiger charge is -2.06. The van der Waals surface area contributed by atoms with Crippen molar-refractivity contribution < 1.29 is 4.79 Å². The molecule has 0 saturated carbocycles. The van der Waals surface area contributed by atoms with E-state index in [1.165, 1.54) is 18.1 Å². The molecule has 0 fully saturated rings. The van der Waals surface area contributed by atoms with Crippen LogP contribution in [0.5, 0.6) is 0 Å². The van der Waals surface area contributed by atoms with Gasteiger partial charge in [0, 0.05) is 12.2 Å². The molecule has 0 unspecified atom stereocenters. The number of para-hydroxylation sites is 1. The van der Waals surface area contributed by atoms with Crippen molar-refractivity contribution in [2.75, 3.05) is 11.1 Å². The Morgan fingerprint density at radius 2 is 2.28 bits per heavy atom. The van der Waals surface area contributed by atoms with Gasteiger partial charge in [-0.3, -0.25) is 9.89 Å². The number of benzene rings is 1. The molecule has 0 aliphatic rings. The summed E-state index contributed by atoms with van der Waals surface area (Å²) in [5, 5.41) is 10.4. The Kier molecular flexibility index (Phi) is 4.60. The number of amides is 1. The van der Waals surface area contributed by atoms with Gasteiger partial charge in [0.15, 0.2) is 5.16 Å². The van der Waals surface area contributed by atoms with Crippen LogP contribution in [0.3, 0.4) is 0 Å². The van der Waals surface area contributed by atoms with Crippen LogP contribution in [0.4, 0.5) is 5.69 Å². The number of carbonyl (C=O) groups is 1. The average molecular weight is 283 g/mol. The highest BCUT2D eigenvalue weighted by Crippen LogP contribution is 2.21. The van der Waals surface area contributed by atoms with Gasteiger partial charge in [0.25, 0.3) is 0 Å². The van der Waals surface area contributed by atoms with E-state index in [1.807, 2.05) is 12.1 Å². The van der Waals surface area contributed by atoms with Crippen LogP contribution >= 0.6 is 23.4 Å². The molecule has 94 valence electrons. The number of rotatable bonds is 5. The summed E-state index contributed by atoms with van der Waals surface area (Å²) in [6.07, 6.45) is 1.82. The third-order valence-corrected chi connectivity index (χ3v) is 3.32. The van der Waals surface area contributed by atoms with Crippen LogP contribution in [0.25, 0.3) is 0 Å². The van der Waals surface area contributed by atoms with Crippen molar-refractivity contribution in [1.82, 2.24) is 15.2 Å². The summed E-state index contributed by atoms with van der Waals surface area (Å²) in [5.41, 5.74) is 0.633. The standard InChI is InChI=1S/C11H11ClN4OS/c12-8-3-1-2-4-9(8)15-10(17)5-6-18-11-13-7-14-16-11/h1-4,7H,5-6H2,(H,15,17)(H,13,14,16). The van der Waals surface area contributed by atoms with Gasteiger partial charge >= 0.3 is 0 Å². The lowest BCUT2D eigenvalue weighted by atomic mass is 10.3. The first-order chi connectivity index (χ1) is 8.75. The van der Waals surface area contributed by atoms with Crippen LogP contribution in [0.1, 0.15) is 6.42 Å². The predicted molar refractivity (Wildman–Crippen MR) is 71.8 cm³/mol. The van der Waals surface area contributed by atoms with E-state index in [-0.39, 0.29) is 5.91 Å². The predicted octanol–water partition coefficient (Wildman–Crippen LogP) is 2.58. The second-order valence-corrected chi connectivity index (χ2v) is 4.91. The zero-order valence-electron chi connectivity index (χ0n) is 9.39. The zero-order chi connectivity index (χ0) is 12.8. The fourth-order valence-corrected chi connectivity index (χ4v) is 2.18. The number of aromatic amines is 1. The van der Waals surface area contributed by atoms with E-state index in [0.29, 0.717) is 28.0 Å². The molecule has 1 amide bonds. The second kappa shape index (κ2) is 6.42. The van der Waals surface area contributed by atoms with E-state index in [1.54, 1.807) is 12.1 Å². The van der Waals surface area contributed by atoms with Crippen LogP contribution in [0.2, 0.25) is 5.02 Å². The minimum atomic E-state index is -0.0740. The smallest absolute Gasteiger partial charge is 0.225 e. The number of carbonyl (C=O) groups excluding carboxylic acids is 1. The van der Waals surface area contributed by atoms with Gasteiger partial charge in [-0.2, -0.15) is 5.10 Å². The molecular weight excluding hydrogens is 272 g/mol. The van der Waals surface area contributed by atoms with E-state index in [9.17, 15) is 4.79 Å². The number of nitrogens with zero attached hydrogens (tertiary/aromatic N) is 2. The summed E-state index contributed by atoms with van der Waals surface area (Å²) in [7, 11) is 0. The van der Waals surface area contributed by atoms with Gasteiger partial charge in [-0.15, -0.1) is 0 Å². The Labute approximate surface area is 113 Å². The molecule has 7 heteroatoms. The van der Waals surface area contributed by atoms with E-state index < -0.39 is 0 Å². The molecule has 0 aliphatic carbocycles. The molecule has 2 N–H and O–H groups in total. The lowest BCUT2D eigenvalue weighted by molar-refractivity contribution is -0.115. The Morgan fingerprint density at radius 1 is 1.44 bits per heavy atom. The molecule has 0 spiro atoms. The number of thioether (sulfide) groups is 1. The summed E-state index contributed by atoms with van der Waals surface area (Å²) in [6, 6.07) is 7.15. The van der Waals surface area contributed by atoms with Crippen molar-refractivity contribution >= 4 is 35.0 Å². The molecule has 0 radical (unpaired) electrons. The molecule has 0 atom stereocenters. The van der Waals surface area contributed by atoms with E-state index >= 15 is 0 Å². The number of halogens is 1. The number of nitrogens with one attached hydrogen (secondary N) is 2. The Hall–Kier alpha value is -1.53. The Bertz CT molecular complexity index is 518. The number of aromatic nitrogens is 3. The summed E-state index contributed by atoms with van der Waals surface area (Å²) in [6.45, 7) is 0. The van der Waals surface area contributed by atoms with Crippen LogP contribution in [-0.4, -0.2) is 26.8 Å². The maximum Gasteiger partial charge on any atom is 0.225 e. The van der Waals surface area contributed by atoms with Crippen molar-refractivity contribution in [1.29, 1.82) is 0 Å². The van der Waals surface area contributed by atoms with Crippen molar-refractivity contribution in [2.45, 2.75) is 11.6 Å². The fraction of sp³-hybridized carbons (Fsp3) is 0.182. The lowest BCUT2D eigenvalue weighted by Crippen LogP contribution is -2.12. The molecule has 1 aromatic heterocycles. The normalized spacial score (nSPS) is 10.3. The third-order valence-electron chi connectivity index (χ3n) is 2.11. The van der Waals surface area contributed by atoms with Gasteiger partial charge in [0.2, 0.25) is 5.91 Å². The van der Waals surface area contributed by atoms with Gasteiger partial charge in [0.05, 0.1) is 10.7 Å². The Balaban J connectivity index is 1.77. The fourth-order valence-electron chi connectivity index (χ4n) is 1.28. The summed E-state index contributed by atoms with van der Waals surface area (Å²) >= 11 is 7.39. The number of H-pyrrole nitrogens is 1. The molecular formula is C11H11ClN4OS. The largest absolute Gasteiger partial charge is 0.325 e. The molecule has 1 aromatic carbocycles. The highest BCUT2D eigenvalue weighted by molar-refractivity contribution is 7.99. The van der Waals surface area contributed by atoms with Gasteiger partial charge in [0.1, 0.15) is 6.33 Å². The monoisotopic (exact) mass is 282 g/mol. The number of anilines is 1. The number of hydrogen-bond donors (Lipinski definition) is 2. The zero-order valence-corrected chi connectivity index (χ0v) is 11.0. The molecule has 18 heavy (non-hydrogen) atoms. The third kappa shape index (κ3) is 3.75. The van der Waals surface area contributed by atoms with E-state index in [4.69, 9.17) is 11.6 Å². The van der Waals surface area contributed by atoms with Gasteiger partial charge in [-0.1, -0.05) is 35.5 Å². The average Bonchev–Trinajstić information content (AvgIpc) is 2.85. The van der Waals surface area contributed by atoms with Gasteiger partial charge in [-0.25, -0.2) is 4.98 Å². The Morgan fingerprint density at radius 3 is 3.00 bits per heavy atom. The van der Waals surface area contributed by atoms with Crippen molar-refractivity contribution in [3.63, 3.8) is 0 Å². The van der Waals surface area contributed by atoms with E-state index in [0.717, 1.165) is 0 Å². The first-order valence-electron chi connectivity index (χ1n) is 5.28. The van der Waals surface area contributed by atoms with Crippen LogP contribution in [-0.2, 0) is 4.79 Å². The molecule has 0 saturated heterocycles. The molecule has 1 heterocycles. The number of hydrogen-bond acceptors (Lipinski definition) is 4. The van der Waals surface area contributed by atoms with Crippen LogP contribution in [0.15, 0.2) is 35.7 Å². The molecule has 5 nitrogen and oxygen atoms in total. The van der Waals surface area contributed by atoms with Crippen LogP contribution in [0, 0.1) is 0 Å². The van der Waals surface area contributed by atoms with Crippen LogP contribution < -0.4 is 5.32 Å². The molecule has 0 bridgehead atoms. The maximum atomic E-state index is 11.7. The SMILES string of the molecule is O=C(CCSc1ncn[nH]1)Nc1ccccc1Cl. The summed E-state index contributed by atoms with van der Waals surface area (Å²) in [4.78, 5) is 15.6. The van der Waals surface area contributed by atoms with E-state index in [2.05, 4.69) is 20.5 Å². The topological polar surface area (TPSA) is 70.7 Å². The second-order valence-electron chi connectivity index (χ2n) is 3.42. The first kappa shape index (κ1) is 12.9. The maximum absolute atomic E-state index is 11.7. The quantitative estimate of drug-likeness (QED) is 0.827.